The van der Waals surface area contributed by atoms with Gasteiger partial charge in [-0.25, -0.2) is 4.90 Å². The van der Waals surface area contributed by atoms with Crippen LogP contribution in [-0.4, -0.2) is 16.4 Å². The summed E-state index contributed by atoms with van der Waals surface area (Å²) in [6.45, 7) is 0. The summed E-state index contributed by atoms with van der Waals surface area (Å²) >= 11 is 6.72. The smallest absolute Gasteiger partial charge is 0.266 e. The maximum absolute atomic E-state index is 13.7. The molecule has 0 saturated heterocycles. The van der Waals surface area contributed by atoms with Crippen molar-refractivity contribution in [2.24, 2.45) is 7.05 Å². The van der Waals surface area contributed by atoms with Crippen LogP contribution in [0.4, 0.5) is 5.69 Å². The Bertz CT molecular complexity index is 1340. The molecule has 0 N–H and O–H groups in total. The number of halogens is 1. The summed E-state index contributed by atoms with van der Waals surface area (Å²) < 4.78 is 1.84. The van der Waals surface area contributed by atoms with Gasteiger partial charge in [0.05, 0.1) is 16.8 Å². The fraction of sp³-hybridized carbons (Fsp3) is 0.0400. The van der Waals surface area contributed by atoms with Crippen LogP contribution in [-0.2, 0) is 16.6 Å². The Labute approximate surface area is 178 Å². The molecule has 0 spiro atoms. The van der Waals surface area contributed by atoms with Crippen molar-refractivity contribution in [1.82, 2.24) is 4.57 Å². The molecule has 0 saturated carbocycles. The number of rotatable bonds is 3. The quantitative estimate of drug-likeness (QED) is 0.427. The van der Waals surface area contributed by atoms with E-state index in [0.717, 1.165) is 10.9 Å². The number of benzene rings is 3. The highest BCUT2D eigenvalue weighted by Crippen LogP contribution is 2.43. The summed E-state index contributed by atoms with van der Waals surface area (Å²) in [5.41, 5.74) is 3.40. The summed E-state index contributed by atoms with van der Waals surface area (Å²) in [5.74, 6) is -0.722. The van der Waals surface area contributed by atoms with E-state index in [4.69, 9.17) is 11.6 Å². The third-order valence-electron chi connectivity index (χ3n) is 5.45. The van der Waals surface area contributed by atoms with Crippen LogP contribution in [0.5, 0.6) is 0 Å². The van der Waals surface area contributed by atoms with Crippen molar-refractivity contribution >= 4 is 51.2 Å². The van der Waals surface area contributed by atoms with Gasteiger partial charge >= 0.3 is 0 Å². The van der Waals surface area contributed by atoms with Gasteiger partial charge in [-0.2, -0.15) is 0 Å². The van der Waals surface area contributed by atoms with Gasteiger partial charge in [0, 0.05) is 23.5 Å². The zero-order valence-electron chi connectivity index (χ0n) is 16.2. The molecule has 1 aliphatic rings. The second kappa shape index (κ2) is 7.01. The monoisotopic (exact) mass is 412 g/mol. The molecule has 4 nitrogen and oxygen atoms in total. The van der Waals surface area contributed by atoms with Gasteiger partial charge in [-0.1, -0.05) is 78.3 Å². The molecular weight excluding hydrogens is 396 g/mol. The van der Waals surface area contributed by atoms with Crippen molar-refractivity contribution in [1.29, 1.82) is 0 Å². The van der Waals surface area contributed by atoms with Gasteiger partial charge in [-0.05, 0) is 23.8 Å². The predicted molar refractivity (Wildman–Crippen MR) is 120 cm³/mol. The van der Waals surface area contributed by atoms with Gasteiger partial charge in [0.1, 0.15) is 5.15 Å². The summed E-state index contributed by atoms with van der Waals surface area (Å²) in [5, 5.41) is 1.26. The number of aryl methyl sites for hydroxylation is 1. The number of anilines is 1. The lowest BCUT2D eigenvalue weighted by atomic mass is 9.96. The number of carbonyl (C=O) groups excluding carboxylic acids is 2. The number of amides is 2. The number of carbonyl (C=O) groups is 2. The number of nitrogens with zero attached hydrogens (tertiary/aromatic N) is 2. The maximum Gasteiger partial charge on any atom is 0.266 e. The largest absolute Gasteiger partial charge is 0.334 e. The SMILES string of the molecule is Cn1c(Cl)c(C2=C(c3ccccc3)C(=O)N(c3ccccc3)C2=O)c2ccccc21. The Morgan fingerprint density at radius 1 is 0.700 bits per heavy atom. The first-order valence-electron chi connectivity index (χ1n) is 9.56. The second-order valence-corrected chi connectivity index (χ2v) is 7.50. The van der Waals surface area contributed by atoms with Crippen molar-refractivity contribution < 1.29 is 9.59 Å². The molecule has 2 amide bonds. The molecule has 4 aromatic rings. The van der Waals surface area contributed by atoms with Crippen molar-refractivity contribution in [3.05, 3.63) is 101 Å². The Balaban J connectivity index is 1.84. The van der Waals surface area contributed by atoms with E-state index in [9.17, 15) is 9.59 Å². The van der Waals surface area contributed by atoms with E-state index in [1.165, 1.54) is 4.90 Å². The minimum Gasteiger partial charge on any atom is -0.334 e. The van der Waals surface area contributed by atoms with Crippen molar-refractivity contribution in [2.75, 3.05) is 4.90 Å². The zero-order valence-corrected chi connectivity index (χ0v) is 16.9. The number of imide groups is 1. The van der Waals surface area contributed by atoms with E-state index in [-0.39, 0.29) is 11.8 Å². The Hall–Kier alpha value is -3.63. The molecular formula is C25H17ClN2O2. The van der Waals surface area contributed by atoms with E-state index in [0.29, 0.717) is 33.1 Å². The first-order valence-corrected chi connectivity index (χ1v) is 9.94. The van der Waals surface area contributed by atoms with Crippen LogP contribution in [0.3, 0.4) is 0 Å². The molecule has 0 fully saturated rings. The molecule has 3 aromatic carbocycles. The van der Waals surface area contributed by atoms with E-state index in [2.05, 4.69) is 0 Å². The minimum absolute atomic E-state index is 0.330. The van der Waals surface area contributed by atoms with Crippen LogP contribution in [0.1, 0.15) is 11.1 Å². The van der Waals surface area contributed by atoms with E-state index >= 15 is 0 Å². The average Bonchev–Trinajstić information content (AvgIpc) is 3.18. The van der Waals surface area contributed by atoms with Crippen molar-refractivity contribution in [3.63, 3.8) is 0 Å². The molecule has 0 aliphatic carbocycles. The number of aromatic nitrogens is 1. The third-order valence-corrected chi connectivity index (χ3v) is 5.89. The molecule has 30 heavy (non-hydrogen) atoms. The van der Waals surface area contributed by atoms with Crippen LogP contribution in [0.15, 0.2) is 84.9 Å². The fourth-order valence-electron chi connectivity index (χ4n) is 4.05. The van der Waals surface area contributed by atoms with E-state index in [1.54, 1.807) is 24.3 Å². The highest BCUT2D eigenvalue weighted by molar-refractivity contribution is 6.58. The topological polar surface area (TPSA) is 42.3 Å². The summed E-state index contributed by atoms with van der Waals surface area (Å²) in [6, 6.07) is 25.9. The van der Waals surface area contributed by atoms with Crippen LogP contribution in [0.25, 0.3) is 22.0 Å². The Kier molecular flexibility index (Phi) is 4.30. The number of fused-ring (bicyclic) bond motifs is 1. The van der Waals surface area contributed by atoms with Gasteiger partial charge in [0.2, 0.25) is 0 Å². The van der Waals surface area contributed by atoms with E-state index in [1.807, 2.05) is 72.3 Å². The lowest BCUT2D eigenvalue weighted by Crippen LogP contribution is -2.31. The molecule has 0 bridgehead atoms. The van der Waals surface area contributed by atoms with Gasteiger partial charge in [0.15, 0.2) is 0 Å². The molecule has 0 atom stereocenters. The highest BCUT2D eigenvalue weighted by atomic mass is 35.5. The average molecular weight is 413 g/mol. The van der Waals surface area contributed by atoms with Crippen LogP contribution in [0.2, 0.25) is 5.15 Å². The first-order chi connectivity index (χ1) is 14.6. The third kappa shape index (κ3) is 2.61. The molecule has 0 radical (unpaired) electrons. The van der Waals surface area contributed by atoms with Gasteiger partial charge in [-0.15, -0.1) is 0 Å². The van der Waals surface area contributed by atoms with Crippen molar-refractivity contribution in [2.45, 2.75) is 0 Å². The molecule has 1 aromatic heterocycles. The van der Waals surface area contributed by atoms with Gasteiger partial charge in [-0.3, -0.25) is 9.59 Å². The fourth-order valence-corrected chi connectivity index (χ4v) is 4.33. The molecule has 5 heteroatoms. The van der Waals surface area contributed by atoms with Gasteiger partial charge in [0.25, 0.3) is 11.8 Å². The highest BCUT2D eigenvalue weighted by Gasteiger charge is 2.42. The first kappa shape index (κ1) is 18.4. The number of para-hydroxylation sites is 2. The van der Waals surface area contributed by atoms with Crippen LogP contribution in [0, 0.1) is 0 Å². The number of hydrogen-bond donors (Lipinski definition) is 0. The minimum atomic E-state index is -0.372. The normalized spacial score (nSPS) is 14.3. The zero-order chi connectivity index (χ0) is 20.8. The summed E-state index contributed by atoms with van der Waals surface area (Å²) in [4.78, 5) is 28.5. The molecule has 0 unspecified atom stereocenters. The van der Waals surface area contributed by atoms with Crippen LogP contribution < -0.4 is 4.90 Å². The standard InChI is InChI=1S/C25H17ClN2O2/c1-27-19-15-9-8-14-18(19)21(23(27)26)22-20(16-10-4-2-5-11-16)24(29)28(25(22)30)17-12-6-3-7-13-17/h2-15H,1H3. The maximum atomic E-state index is 13.7. The van der Waals surface area contributed by atoms with Crippen molar-refractivity contribution in [3.8, 4) is 0 Å². The molecule has 146 valence electrons. The molecule has 1 aliphatic heterocycles. The summed E-state index contributed by atoms with van der Waals surface area (Å²) in [6.07, 6.45) is 0. The Morgan fingerprint density at radius 3 is 1.97 bits per heavy atom. The lowest BCUT2D eigenvalue weighted by molar-refractivity contribution is -0.119. The number of hydrogen-bond acceptors (Lipinski definition) is 2. The lowest BCUT2D eigenvalue weighted by Gasteiger charge is -2.15. The molecule has 2 heterocycles. The predicted octanol–water partition coefficient (Wildman–Crippen LogP) is 5.32. The van der Waals surface area contributed by atoms with E-state index < -0.39 is 0 Å². The summed E-state index contributed by atoms with van der Waals surface area (Å²) in [7, 11) is 1.85. The Morgan fingerprint density at radius 2 is 1.27 bits per heavy atom. The van der Waals surface area contributed by atoms with Gasteiger partial charge < -0.3 is 4.57 Å². The van der Waals surface area contributed by atoms with Crippen LogP contribution >= 0.6 is 11.6 Å². The second-order valence-electron chi connectivity index (χ2n) is 7.14. The molecule has 5 rings (SSSR count).